The molecular formula is C20H27N3O2. The molecule has 1 aliphatic carbocycles. The van der Waals surface area contributed by atoms with Gasteiger partial charge >= 0.3 is 0 Å². The van der Waals surface area contributed by atoms with Crippen molar-refractivity contribution < 1.29 is 9.59 Å². The van der Waals surface area contributed by atoms with Crippen LogP contribution in [-0.2, 0) is 4.79 Å². The van der Waals surface area contributed by atoms with Gasteiger partial charge in [0.05, 0.1) is 0 Å². The second-order valence-electron chi connectivity index (χ2n) is 7.04. The lowest BCUT2D eigenvalue weighted by Crippen LogP contribution is -2.45. The number of rotatable bonds is 4. The van der Waals surface area contributed by atoms with E-state index in [-0.39, 0.29) is 23.8 Å². The number of hydrogen-bond acceptors (Lipinski definition) is 3. The highest BCUT2D eigenvalue weighted by molar-refractivity contribution is 5.92. The molecule has 5 heteroatoms. The fourth-order valence-electron chi connectivity index (χ4n) is 3.68. The number of nitrogens with one attached hydrogen (secondary N) is 1. The van der Waals surface area contributed by atoms with Gasteiger partial charge in [-0.05, 0) is 57.6 Å². The van der Waals surface area contributed by atoms with Crippen LogP contribution in [0.3, 0.4) is 0 Å². The fraction of sp³-hybridized carbons (Fsp3) is 0.550. The van der Waals surface area contributed by atoms with Crippen molar-refractivity contribution in [2.75, 3.05) is 13.1 Å². The Kier molecular flexibility index (Phi) is 5.84. The molecule has 0 saturated carbocycles. The van der Waals surface area contributed by atoms with Crippen molar-refractivity contribution in [3.8, 4) is 0 Å². The van der Waals surface area contributed by atoms with Crippen molar-refractivity contribution in [2.24, 2.45) is 5.92 Å². The summed E-state index contributed by atoms with van der Waals surface area (Å²) in [6, 6.07) is 5.49. The van der Waals surface area contributed by atoms with E-state index in [1.807, 2.05) is 6.07 Å². The van der Waals surface area contributed by atoms with Crippen molar-refractivity contribution in [1.29, 1.82) is 0 Å². The summed E-state index contributed by atoms with van der Waals surface area (Å²) in [6.07, 6.45) is 10.1. The number of hydrogen-bond donors (Lipinski definition) is 1. The molecule has 0 bridgehead atoms. The van der Waals surface area contributed by atoms with Crippen LogP contribution in [0.1, 0.15) is 55.9 Å². The predicted molar refractivity (Wildman–Crippen MR) is 97.0 cm³/mol. The summed E-state index contributed by atoms with van der Waals surface area (Å²) in [5, 5.41) is 3.17. The van der Waals surface area contributed by atoms with E-state index in [0.29, 0.717) is 18.8 Å². The van der Waals surface area contributed by atoms with Crippen LogP contribution >= 0.6 is 0 Å². The van der Waals surface area contributed by atoms with Gasteiger partial charge in [0.2, 0.25) is 5.91 Å². The maximum atomic E-state index is 12.5. The monoisotopic (exact) mass is 341 g/mol. The number of pyridine rings is 1. The van der Waals surface area contributed by atoms with Crippen LogP contribution in [0.4, 0.5) is 0 Å². The molecule has 0 aromatic carbocycles. The van der Waals surface area contributed by atoms with E-state index >= 15 is 0 Å². The van der Waals surface area contributed by atoms with Crippen LogP contribution in [0.5, 0.6) is 0 Å². The van der Waals surface area contributed by atoms with Gasteiger partial charge in [-0.15, -0.1) is 0 Å². The first-order valence-electron chi connectivity index (χ1n) is 9.35. The third kappa shape index (κ3) is 4.47. The Bertz CT molecular complexity index is 634. The quantitative estimate of drug-likeness (QED) is 0.857. The lowest BCUT2D eigenvalue weighted by Gasteiger charge is -2.32. The zero-order valence-electron chi connectivity index (χ0n) is 14.9. The highest BCUT2D eigenvalue weighted by Crippen LogP contribution is 2.22. The first-order valence-corrected chi connectivity index (χ1v) is 9.35. The van der Waals surface area contributed by atoms with Crippen molar-refractivity contribution in [3.63, 3.8) is 0 Å². The summed E-state index contributed by atoms with van der Waals surface area (Å²) in [5.74, 6) is 0.0866. The lowest BCUT2D eigenvalue weighted by molar-refractivity contribution is -0.126. The maximum absolute atomic E-state index is 12.5. The van der Waals surface area contributed by atoms with E-state index < -0.39 is 0 Å². The van der Waals surface area contributed by atoms with E-state index in [1.165, 1.54) is 18.4 Å². The molecule has 2 amide bonds. The summed E-state index contributed by atoms with van der Waals surface area (Å²) in [5.41, 5.74) is 1.84. The molecule has 0 unspecified atom stereocenters. The molecule has 5 nitrogen and oxygen atoms in total. The Labute approximate surface area is 149 Å². The molecule has 1 aliphatic heterocycles. The van der Waals surface area contributed by atoms with Gasteiger partial charge in [0.25, 0.3) is 5.91 Å². The number of piperidine rings is 1. The molecule has 0 radical (unpaired) electrons. The Balaban J connectivity index is 1.49. The van der Waals surface area contributed by atoms with Gasteiger partial charge in [-0.2, -0.15) is 0 Å². The highest BCUT2D eigenvalue weighted by Gasteiger charge is 2.29. The first-order chi connectivity index (χ1) is 12.1. The minimum atomic E-state index is -0.0415. The largest absolute Gasteiger partial charge is 0.350 e. The van der Waals surface area contributed by atoms with Crippen LogP contribution in [0, 0.1) is 5.92 Å². The first kappa shape index (κ1) is 17.6. The maximum Gasteiger partial charge on any atom is 0.272 e. The zero-order chi connectivity index (χ0) is 17.6. The predicted octanol–water partition coefficient (Wildman–Crippen LogP) is 2.94. The molecule has 2 heterocycles. The molecule has 1 aromatic rings. The van der Waals surface area contributed by atoms with E-state index in [0.717, 1.165) is 25.7 Å². The van der Waals surface area contributed by atoms with E-state index in [1.54, 1.807) is 23.2 Å². The van der Waals surface area contributed by atoms with Crippen LogP contribution in [-0.4, -0.2) is 40.8 Å². The molecule has 25 heavy (non-hydrogen) atoms. The molecule has 134 valence electrons. The number of carbonyl (C=O) groups is 2. The highest BCUT2D eigenvalue weighted by atomic mass is 16.2. The van der Waals surface area contributed by atoms with Gasteiger partial charge in [0.1, 0.15) is 5.69 Å². The minimum absolute atomic E-state index is 0.000534. The van der Waals surface area contributed by atoms with Crippen LogP contribution < -0.4 is 5.32 Å². The summed E-state index contributed by atoms with van der Waals surface area (Å²) in [7, 11) is 0. The number of amides is 2. The lowest BCUT2D eigenvalue weighted by atomic mass is 9.92. The third-order valence-corrected chi connectivity index (χ3v) is 5.28. The molecule has 3 rings (SSSR count). The fourth-order valence-corrected chi connectivity index (χ4v) is 3.68. The van der Waals surface area contributed by atoms with Crippen molar-refractivity contribution in [1.82, 2.24) is 15.2 Å². The molecule has 1 atom stereocenters. The zero-order valence-corrected chi connectivity index (χ0v) is 14.9. The standard InChI is InChI=1S/C20H27N3O2/c1-15(16-7-3-2-4-8-16)22-19(24)17-10-13-23(14-11-17)20(25)18-9-5-6-12-21-18/h5-7,9,12,15,17H,2-4,8,10-11,13-14H2,1H3,(H,22,24)/t15-/m1/s1. The minimum Gasteiger partial charge on any atom is -0.350 e. The average Bonchev–Trinajstić information content (AvgIpc) is 2.69. The molecule has 1 fully saturated rings. The van der Waals surface area contributed by atoms with Crippen LogP contribution in [0.2, 0.25) is 0 Å². The summed E-state index contributed by atoms with van der Waals surface area (Å²) in [6.45, 7) is 3.31. The van der Waals surface area contributed by atoms with E-state index in [2.05, 4.69) is 23.3 Å². The molecule has 1 saturated heterocycles. The Morgan fingerprint density at radius 2 is 2.04 bits per heavy atom. The molecule has 2 aliphatic rings. The summed E-state index contributed by atoms with van der Waals surface area (Å²) < 4.78 is 0. The Hall–Kier alpha value is -2.17. The summed E-state index contributed by atoms with van der Waals surface area (Å²) >= 11 is 0. The van der Waals surface area contributed by atoms with Gasteiger partial charge in [-0.25, -0.2) is 0 Å². The third-order valence-electron chi connectivity index (χ3n) is 5.28. The van der Waals surface area contributed by atoms with Crippen molar-refractivity contribution in [3.05, 3.63) is 41.7 Å². The average molecular weight is 341 g/mol. The van der Waals surface area contributed by atoms with Gasteiger partial charge in [0, 0.05) is 31.2 Å². The van der Waals surface area contributed by atoms with Gasteiger partial charge in [-0.3, -0.25) is 14.6 Å². The second-order valence-corrected chi connectivity index (χ2v) is 7.04. The number of aromatic nitrogens is 1. The van der Waals surface area contributed by atoms with E-state index in [9.17, 15) is 9.59 Å². The van der Waals surface area contributed by atoms with Crippen LogP contribution in [0.25, 0.3) is 0 Å². The second kappa shape index (κ2) is 8.28. The summed E-state index contributed by atoms with van der Waals surface area (Å²) in [4.78, 5) is 30.9. The van der Waals surface area contributed by atoms with Gasteiger partial charge in [0.15, 0.2) is 0 Å². The van der Waals surface area contributed by atoms with Gasteiger partial charge < -0.3 is 10.2 Å². The topological polar surface area (TPSA) is 62.3 Å². The van der Waals surface area contributed by atoms with Crippen LogP contribution in [0.15, 0.2) is 36.0 Å². The number of allylic oxidation sites excluding steroid dienone is 1. The normalized spacial score (nSPS) is 19.9. The molecule has 1 aromatic heterocycles. The molecule has 0 spiro atoms. The number of nitrogens with zero attached hydrogens (tertiary/aromatic N) is 2. The Morgan fingerprint density at radius 3 is 2.68 bits per heavy atom. The number of likely N-dealkylation sites (tertiary alicyclic amines) is 1. The molecular weight excluding hydrogens is 314 g/mol. The SMILES string of the molecule is C[C@@H](NC(=O)C1CCN(C(=O)c2ccccn2)CC1)C1=CCCCC1. The van der Waals surface area contributed by atoms with Gasteiger partial charge in [-0.1, -0.05) is 17.7 Å². The van der Waals surface area contributed by atoms with E-state index in [4.69, 9.17) is 0 Å². The Morgan fingerprint density at radius 1 is 1.24 bits per heavy atom. The number of carbonyl (C=O) groups excluding carboxylic acids is 2. The van der Waals surface area contributed by atoms with Crippen molar-refractivity contribution in [2.45, 2.75) is 51.5 Å². The van der Waals surface area contributed by atoms with Crippen molar-refractivity contribution >= 4 is 11.8 Å². The smallest absolute Gasteiger partial charge is 0.272 e. The molecule has 1 N–H and O–H groups in total.